The second-order valence-electron chi connectivity index (χ2n) is 4.86. The van der Waals surface area contributed by atoms with Gasteiger partial charge >= 0.3 is 0 Å². The molecule has 114 valence electrons. The molecule has 0 saturated carbocycles. The largest absolute Gasteiger partial charge is 0.497 e. The smallest absolute Gasteiger partial charge is 0.272 e. The molecule has 5 heteroatoms. The van der Waals surface area contributed by atoms with Crippen molar-refractivity contribution >= 4 is 12.0 Å². The second kappa shape index (κ2) is 6.70. The highest BCUT2D eigenvalue weighted by atomic mass is 16.5. The van der Waals surface area contributed by atoms with E-state index in [4.69, 9.17) is 4.74 Å². The van der Waals surface area contributed by atoms with E-state index >= 15 is 0 Å². The lowest BCUT2D eigenvalue weighted by molar-refractivity contribution is 0.0953. The Morgan fingerprint density at radius 1 is 1.09 bits per heavy atom. The normalized spacial score (nSPS) is 10.8. The number of hydrogen-bond acceptors (Lipinski definition) is 4. The first-order chi connectivity index (χ1) is 11.3. The molecule has 3 rings (SSSR count). The quantitative estimate of drug-likeness (QED) is 0.694. The van der Waals surface area contributed by atoms with E-state index in [1.165, 1.54) is 10.8 Å². The first kappa shape index (κ1) is 14.7. The molecular formula is C18H15N3O2. The minimum absolute atomic E-state index is 0.249. The molecule has 23 heavy (non-hydrogen) atoms. The van der Waals surface area contributed by atoms with Gasteiger partial charge < -0.3 is 4.74 Å². The standard InChI is InChI=1S/C18H15N3O2/c1-23-16-10-8-15(9-11-16)17-13-21(20-19-17)18(22)12-7-14-5-3-2-4-6-14/h2-13H,1H3. The number of aromatic nitrogens is 3. The van der Waals surface area contributed by atoms with Crippen LogP contribution in [0.1, 0.15) is 10.4 Å². The van der Waals surface area contributed by atoms with Crippen LogP contribution in [0, 0.1) is 0 Å². The van der Waals surface area contributed by atoms with Crippen molar-refractivity contribution in [3.8, 4) is 17.0 Å². The number of ether oxygens (including phenoxy) is 1. The zero-order valence-corrected chi connectivity index (χ0v) is 12.6. The van der Waals surface area contributed by atoms with Gasteiger partial charge in [-0.2, -0.15) is 4.68 Å². The van der Waals surface area contributed by atoms with E-state index in [2.05, 4.69) is 10.3 Å². The predicted octanol–water partition coefficient (Wildman–Crippen LogP) is 3.31. The van der Waals surface area contributed by atoms with Crippen molar-refractivity contribution in [2.45, 2.75) is 0 Å². The maximum Gasteiger partial charge on any atom is 0.272 e. The Morgan fingerprint density at radius 3 is 2.52 bits per heavy atom. The molecule has 3 aromatic rings. The average Bonchev–Trinajstić information content (AvgIpc) is 3.11. The van der Waals surface area contributed by atoms with Gasteiger partial charge in [0.25, 0.3) is 5.91 Å². The minimum Gasteiger partial charge on any atom is -0.497 e. The summed E-state index contributed by atoms with van der Waals surface area (Å²) in [6, 6.07) is 17.0. The highest BCUT2D eigenvalue weighted by Crippen LogP contribution is 2.19. The molecule has 0 bridgehead atoms. The first-order valence-corrected chi connectivity index (χ1v) is 7.10. The zero-order chi connectivity index (χ0) is 16.1. The number of carbonyl (C=O) groups excluding carboxylic acids is 1. The molecule has 0 atom stereocenters. The summed E-state index contributed by atoms with van der Waals surface area (Å²) in [6.07, 6.45) is 4.83. The van der Waals surface area contributed by atoms with E-state index in [0.717, 1.165) is 16.9 Å². The van der Waals surface area contributed by atoms with Crippen LogP contribution in [0.3, 0.4) is 0 Å². The molecule has 2 aromatic carbocycles. The fourth-order valence-corrected chi connectivity index (χ4v) is 2.07. The zero-order valence-electron chi connectivity index (χ0n) is 12.6. The molecule has 0 aliphatic rings. The molecule has 0 spiro atoms. The summed E-state index contributed by atoms with van der Waals surface area (Å²) in [6.45, 7) is 0. The molecule has 1 aromatic heterocycles. The van der Waals surface area contributed by atoms with Gasteiger partial charge in [0.05, 0.1) is 13.3 Å². The summed E-state index contributed by atoms with van der Waals surface area (Å²) in [5.41, 5.74) is 2.46. The second-order valence-corrected chi connectivity index (χ2v) is 4.86. The van der Waals surface area contributed by atoms with Gasteiger partial charge in [-0.1, -0.05) is 35.5 Å². The first-order valence-electron chi connectivity index (χ1n) is 7.10. The molecule has 0 unspecified atom stereocenters. The molecule has 0 radical (unpaired) electrons. The number of methoxy groups -OCH3 is 1. The van der Waals surface area contributed by atoms with Crippen LogP contribution in [0.15, 0.2) is 66.9 Å². The molecule has 0 N–H and O–H groups in total. The van der Waals surface area contributed by atoms with Gasteiger partial charge in [-0.25, -0.2) is 0 Å². The van der Waals surface area contributed by atoms with Crippen molar-refractivity contribution in [1.82, 2.24) is 15.0 Å². The number of hydrogen-bond donors (Lipinski definition) is 0. The monoisotopic (exact) mass is 305 g/mol. The van der Waals surface area contributed by atoms with E-state index in [1.54, 1.807) is 19.4 Å². The van der Waals surface area contributed by atoms with Gasteiger partial charge in [-0.3, -0.25) is 4.79 Å². The number of carbonyl (C=O) groups is 1. The number of nitrogens with zero attached hydrogens (tertiary/aromatic N) is 3. The Bertz CT molecular complexity index is 821. The lowest BCUT2D eigenvalue weighted by Gasteiger charge is -1.99. The Balaban J connectivity index is 1.75. The highest BCUT2D eigenvalue weighted by molar-refractivity contribution is 5.93. The van der Waals surface area contributed by atoms with Crippen LogP contribution in [0.4, 0.5) is 0 Å². The van der Waals surface area contributed by atoms with Crippen LogP contribution >= 0.6 is 0 Å². The number of rotatable bonds is 4. The molecule has 5 nitrogen and oxygen atoms in total. The summed E-state index contributed by atoms with van der Waals surface area (Å²) in [4.78, 5) is 12.1. The Hall–Kier alpha value is -3.21. The van der Waals surface area contributed by atoms with Gasteiger partial charge in [-0.05, 0) is 35.9 Å². The van der Waals surface area contributed by atoms with Crippen LogP contribution in [0.25, 0.3) is 17.3 Å². The van der Waals surface area contributed by atoms with Gasteiger partial charge in [0.2, 0.25) is 0 Å². The number of allylic oxidation sites excluding steroid dienone is 1. The van der Waals surface area contributed by atoms with Crippen molar-refractivity contribution in [2.24, 2.45) is 0 Å². The molecule has 0 saturated heterocycles. The lowest BCUT2D eigenvalue weighted by atomic mass is 10.2. The summed E-state index contributed by atoms with van der Waals surface area (Å²) >= 11 is 0. The fraction of sp³-hybridized carbons (Fsp3) is 0.0556. The van der Waals surface area contributed by atoms with Crippen molar-refractivity contribution in [2.75, 3.05) is 7.11 Å². The summed E-state index contributed by atoms with van der Waals surface area (Å²) < 4.78 is 6.34. The lowest BCUT2D eigenvalue weighted by Crippen LogP contribution is -2.07. The van der Waals surface area contributed by atoms with E-state index in [-0.39, 0.29) is 5.91 Å². The molecule has 0 amide bonds. The van der Waals surface area contributed by atoms with Gasteiger partial charge in [0.1, 0.15) is 11.4 Å². The maximum absolute atomic E-state index is 12.1. The fourth-order valence-electron chi connectivity index (χ4n) is 2.07. The predicted molar refractivity (Wildman–Crippen MR) is 88.1 cm³/mol. The van der Waals surface area contributed by atoms with Crippen LogP contribution in [-0.2, 0) is 0 Å². The third kappa shape index (κ3) is 3.52. The van der Waals surface area contributed by atoms with Crippen LogP contribution < -0.4 is 4.74 Å². The molecule has 0 aliphatic heterocycles. The Labute approximate surface area is 133 Å². The molecule has 0 fully saturated rings. The van der Waals surface area contributed by atoms with E-state index in [9.17, 15) is 4.79 Å². The summed E-state index contributed by atoms with van der Waals surface area (Å²) in [5, 5.41) is 7.92. The Morgan fingerprint density at radius 2 is 1.83 bits per heavy atom. The summed E-state index contributed by atoms with van der Waals surface area (Å²) in [7, 11) is 1.61. The van der Waals surface area contributed by atoms with Crippen LogP contribution in [0.2, 0.25) is 0 Å². The van der Waals surface area contributed by atoms with Gasteiger partial charge in [0.15, 0.2) is 0 Å². The van der Waals surface area contributed by atoms with Crippen molar-refractivity contribution < 1.29 is 9.53 Å². The van der Waals surface area contributed by atoms with Crippen molar-refractivity contribution in [3.05, 3.63) is 72.4 Å². The third-order valence-corrected chi connectivity index (χ3v) is 3.32. The topological polar surface area (TPSA) is 57.0 Å². The van der Waals surface area contributed by atoms with E-state index in [0.29, 0.717) is 5.69 Å². The minimum atomic E-state index is -0.249. The van der Waals surface area contributed by atoms with Gasteiger partial charge in [0, 0.05) is 11.6 Å². The maximum atomic E-state index is 12.1. The molecular weight excluding hydrogens is 290 g/mol. The van der Waals surface area contributed by atoms with E-state index in [1.807, 2.05) is 54.6 Å². The highest BCUT2D eigenvalue weighted by Gasteiger charge is 2.07. The van der Waals surface area contributed by atoms with E-state index < -0.39 is 0 Å². The van der Waals surface area contributed by atoms with Gasteiger partial charge in [-0.15, -0.1) is 5.10 Å². The van der Waals surface area contributed by atoms with Crippen molar-refractivity contribution in [3.63, 3.8) is 0 Å². The molecule has 0 aliphatic carbocycles. The van der Waals surface area contributed by atoms with Crippen molar-refractivity contribution in [1.29, 1.82) is 0 Å². The summed E-state index contributed by atoms with van der Waals surface area (Å²) in [5.74, 6) is 0.518. The molecule has 1 heterocycles. The number of benzene rings is 2. The Kier molecular flexibility index (Phi) is 4.29. The average molecular weight is 305 g/mol. The van der Waals surface area contributed by atoms with Crippen LogP contribution in [-0.4, -0.2) is 28.0 Å². The SMILES string of the molecule is COc1ccc(-c2cn(C(=O)C=Cc3ccccc3)nn2)cc1. The third-order valence-electron chi connectivity index (χ3n) is 3.32. The van der Waals surface area contributed by atoms with Crippen LogP contribution in [0.5, 0.6) is 5.75 Å².